The molecule has 1 aliphatic carbocycles. The van der Waals surface area contributed by atoms with Crippen LogP contribution < -0.4 is 5.32 Å². The van der Waals surface area contributed by atoms with Gasteiger partial charge >= 0.3 is 5.97 Å². The second-order valence-electron chi connectivity index (χ2n) is 8.60. The number of fused-ring (bicyclic) bond motifs is 1. The van der Waals surface area contributed by atoms with Crippen LogP contribution in [0.2, 0.25) is 15.1 Å². The maximum atomic E-state index is 13.6. The van der Waals surface area contributed by atoms with Gasteiger partial charge in [-0.3, -0.25) is 24.6 Å². The molecule has 7 nitrogen and oxygen atoms in total. The molecule has 1 aromatic rings. The van der Waals surface area contributed by atoms with Crippen molar-refractivity contribution >= 4 is 52.6 Å². The summed E-state index contributed by atoms with van der Waals surface area (Å²) in [4.78, 5) is 40.8. The summed E-state index contributed by atoms with van der Waals surface area (Å²) >= 11 is 18.7. The lowest BCUT2D eigenvalue weighted by Crippen LogP contribution is -2.62. The minimum atomic E-state index is -2.05. The molecule has 3 aliphatic rings. The van der Waals surface area contributed by atoms with Gasteiger partial charge < -0.3 is 10.2 Å². The predicted molar refractivity (Wildman–Crippen MR) is 115 cm³/mol. The molecule has 1 saturated carbocycles. The molecular formula is C21H23Cl3N2O5. The molecule has 3 N–H and O–H groups in total. The van der Waals surface area contributed by atoms with E-state index < -0.39 is 47.3 Å². The summed E-state index contributed by atoms with van der Waals surface area (Å²) in [6.07, 6.45) is 2.75. The number of hydrogen-bond donors (Lipinski definition) is 3. The highest BCUT2D eigenvalue weighted by molar-refractivity contribution is 6.43. The number of aliphatic hydroxyl groups excluding tert-OH is 1. The van der Waals surface area contributed by atoms with Crippen molar-refractivity contribution in [3.63, 3.8) is 0 Å². The second-order valence-corrected chi connectivity index (χ2v) is 9.83. The maximum absolute atomic E-state index is 13.6. The number of carboxylic acids is 1. The van der Waals surface area contributed by atoms with Crippen molar-refractivity contribution in [2.75, 3.05) is 0 Å². The SMILES string of the molecule is CC(O)C1(C(=O)O)NC(c2cc(Cl)cc(Cl)c2Cl)C2C(=O)N(C3CCCCC3)C(=O)C21. The fourth-order valence-electron chi connectivity index (χ4n) is 5.49. The molecule has 31 heavy (non-hydrogen) atoms. The van der Waals surface area contributed by atoms with Crippen molar-refractivity contribution < 1.29 is 24.6 Å². The number of carboxylic acid groups (broad SMARTS) is 1. The Morgan fingerprint density at radius 3 is 2.39 bits per heavy atom. The van der Waals surface area contributed by atoms with Crippen LogP contribution in [0.15, 0.2) is 12.1 Å². The third-order valence-electron chi connectivity index (χ3n) is 6.94. The van der Waals surface area contributed by atoms with Crippen molar-refractivity contribution in [2.24, 2.45) is 11.8 Å². The number of aliphatic hydroxyl groups is 1. The molecule has 2 aliphatic heterocycles. The first-order valence-corrected chi connectivity index (χ1v) is 11.4. The van der Waals surface area contributed by atoms with Crippen LogP contribution in [0.5, 0.6) is 0 Å². The topological polar surface area (TPSA) is 107 Å². The van der Waals surface area contributed by atoms with E-state index in [1.165, 1.54) is 24.0 Å². The summed E-state index contributed by atoms with van der Waals surface area (Å²) in [6.45, 7) is 1.30. The van der Waals surface area contributed by atoms with Gasteiger partial charge in [0.1, 0.15) is 0 Å². The Morgan fingerprint density at radius 1 is 1.16 bits per heavy atom. The van der Waals surface area contributed by atoms with Crippen molar-refractivity contribution in [1.82, 2.24) is 10.2 Å². The van der Waals surface area contributed by atoms with Crippen molar-refractivity contribution in [2.45, 2.75) is 62.8 Å². The van der Waals surface area contributed by atoms with Gasteiger partial charge in [0.2, 0.25) is 11.8 Å². The van der Waals surface area contributed by atoms with Gasteiger partial charge in [-0.2, -0.15) is 0 Å². The molecule has 0 spiro atoms. The number of carbonyl (C=O) groups is 3. The summed E-state index contributed by atoms with van der Waals surface area (Å²) in [7, 11) is 0. The van der Waals surface area contributed by atoms with E-state index in [-0.39, 0.29) is 21.1 Å². The molecular weight excluding hydrogens is 467 g/mol. The molecule has 2 saturated heterocycles. The Morgan fingerprint density at radius 2 is 1.81 bits per heavy atom. The molecule has 0 radical (unpaired) electrons. The minimum Gasteiger partial charge on any atom is -0.480 e. The van der Waals surface area contributed by atoms with E-state index in [9.17, 15) is 24.6 Å². The first kappa shape index (κ1) is 22.8. The lowest BCUT2D eigenvalue weighted by Gasteiger charge is -2.36. The van der Waals surface area contributed by atoms with Gasteiger partial charge in [-0.1, -0.05) is 54.1 Å². The lowest BCUT2D eigenvalue weighted by molar-refractivity contribution is -0.157. The monoisotopic (exact) mass is 488 g/mol. The molecule has 168 valence electrons. The van der Waals surface area contributed by atoms with Crippen molar-refractivity contribution in [1.29, 1.82) is 0 Å². The normalized spacial score (nSPS) is 32.4. The zero-order valence-electron chi connectivity index (χ0n) is 16.8. The van der Waals surface area contributed by atoms with E-state index in [1.54, 1.807) is 0 Å². The average Bonchev–Trinajstić information content (AvgIpc) is 3.20. The molecule has 4 rings (SSSR count). The highest BCUT2D eigenvalue weighted by Crippen LogP contribution is 2.53. The Bertz CT molecular complexity index is 949. The second kappa shape index (κ2) is 8.19. The number of aliphatic carboxylic acids is 1. The third-order valence-corrected chi connectivity index (χ3v) is 7.97. The number of hydrogen-bond acceptors (Lipinski definition) is 5. The van der Waals surface area contributed by atoms with Crippen LogP contribution in [0.1, 0.15) is 50.6 Å². The van der Waals surface area contributed by atoms with E-state index in [1.807, 2.05) is 0 Å². The van der Waals surface area contributed by atoms with Crippen LogP contribution in [0.25, 0.3) is 0 Å². The quantitative estimate of drug-likeness (QED) is 0.442. The standard InChI is InChI=1S/C21H23Cl3N2O5/c1-9(27)21(20(30)31)15-14(17(25-21)12-7-10(22)8-13(23)16(12)24)18(28)26(19(15)29)11-5-3-2-4-6-11/h7-9,11,14-15,17,25,27H,2-6H2,1H3,(H,30,31). The van der Waals surface area contributed by atoms with Crippen molar-refractivity contribution in [3.05, 3.63) is 32.8 Å². The van der Waals surface area contributed by atoms with Gasteiger partial charge in [-0.15, -0.1) is 0 Å². The number of nitrogens with zero attached hydrogens (tertiary/aromatic N) is 1. The van der Waals surface area contributed by atoms with Gasteiger partial charge in [0, 0.05) is 17.1 Å². The Labute approximate surface area is 194 Å². The van der Waals surface area contributed by atoms with E-state index in [4.69, 9.17) is 34.8 Å². The van der Waals surface area contributed by atoms with E-state index >= 15 is 0 Å². The number of likely N-dealkylation sites (tertiary alicyclic amines) is 1. The number of benzene rings is 1. The van der Waals surface area contributed by atoms with E-state index in [0.717, 1.165) is 19.3 Å². The van der Waals surface area contributed by atoms with Crippen LogP contribution in [0.3, 0.4) is 0 Å². The fraction of sp³-hybridized carbons (Fsp3) is 0.571. The first-order valence-electron chi connectivity index (χ1n) is 10.3. The number of carbonyl (C=O) groups excluding carboxylic acids is 2. The third kappa shape index (κ3) is 3.37. The summed E-state index contributed by atoms with van der Waals surface area (Å²) < 4.78 is 0. The summed E-state index contributed by atoms with van der Waals surface area (Å²) in [5.74, 6) is -4.75. The first-order chi connectivity index (χ1) is 14.6. The van der Waals surface area contributed by atoms with Crippen LogP contribution in [0, 0.1) is 11.8 Å². The molecule has 2 heterocycles. The lowest BCUT2D eigenvalue weighted by atomic mass is 9.76. The Hall–Kier alpha value is -1.38. The average molecular weight is 490 g/mol. The summed E-state index contributed by atoms with van der Waals surface area (Å²) in [5, 5.41) is 24.1. The summed E-state index contributed by atoms with van der Waals surface area (Å²) in [6, 6.07) is 1.73. The molecule has 5 unspecified atom stereocenters. The largest absolute Gasteiger partial charge is 0.480 e. The van der Waals surface area contributed by atoms with Crippen LogP contribution in [-0.4, -0.2) is 50.6 Å². The fourth-order valence-corrected chi connectivity index (χ4v) is 6.23. The molecule has 0 aromatic heterocycles. The Balaban J connectivity index is 1.87. The molecule has 1 aromatic carbocycles. The van der Waals surface area contributed by atoms with Crippen molar-refractivity contribution in [3.8, 4) is 0 Å². The molecule has 0 bridgehead atoms. The highest BCUT2D eigenvalue weighted by Gasteiger charge is 2.71. The van der Waals surface area contributed by atoms with Gasteiger partial charge in [-0.05, 0) is 37.5 Å². The zero-order chi connectivity index (χ0) is 22.7. The van der Waals surface area contributed by atoms with E-state index in [0.29, 0.717) is 18.4 Å². The van der Waals surface area contributed by atoms with Gasteiger partial charge in [-0.25, -0.2) is 0 Å². The molecule has 2 amide bonds. The number of imide groups is 1. The predicted octanol–water partition coefficient (Wildman–Crippen LogP) is 3.43. The van der Waals surface area contributed by atoms with Crippen LogP contribution in [0.4, 0.5) is 0 Å². The molecule has 10 heteroatoms. The number of rotatable bonds is 4. The molecule has 5 atom stereocenters. The number of nitrogens with one attached hydrogen (secondary N) is 1. The van der Waals surface area contributed by atoms with Crippen LogP contribution >= 0.6 is 34.8 Å². The van der Waals surface area contributed by atoms with Crippen LogP contribution in [-0.2, 0) is 14.4 Å². The Kier molecular flexibility index (Phi) is 6.03. The number of halogens is 3. The zero-order valence-corrected chi connectivity index (χ0v) is 19.0. The number of amides is 2. The van der Waals surface area contributed by atoms with Gasteiger partial charge in [0.25, 0.3) is 0 Å². The molecule has 3 fully saturated rings. The van der Waals surface area contributed by atoms with Gasteiger partial charge in [0.15, 0.2) is 5.54 Å². The summed E-state index contributed by atoms with van der Waals surface area (Å²) in [5.41, 5.74) is -1.73. The minimum absolute atomic E-state index is 0.116. The smallest absolute Gasteiger partial charge is 0.327 e. The maximum Gasteiger partial charge on any atom is 0.327 e. The van der Waals surface area contributed by atoms with Gasteiger partial charge in [0.05, 0.1) is 28.0 Å². The van der Waals surface area contributed by atoms with E-state index in [2.05, 4.69) is 5.32 Å². The highest BCUT2D eigenvalue weighted by atomic mass is 35.5.